The number of nitrogens with zero attached hydrogens (tertiary/aromatic N) is 1. The lowest BCUT2D eigenvalue weighted by atomic mass is 10.1. The summed E-state index contributed by atoms with van der Waals surface area (Å²) < 4.78 is 4.99. The molecule has 0 unspecified atom stereocenters. The van der Waals surface area contributed by atoms with Gasteiger partial charge in [0.2, 0.25) is 0 Å². The summed E-state index contributed by atoms with van der Waals surface area (Å²) in [4.78, 5) is 23.7. The van der Waals surface area contributed by atoms with E-state index in [-0.39, 0.29) is 0 Å². The molecule has 1 heterocycles. The van der Waals surface area contributed by atoms with Gasteiger partial charge >= 0.3 is 5.97 Å². The third kappa shape index (κ3) is 3.93. The molecule has 5 nitrogen and oxygen atoms in total. The van der Waals surface area contributed by atoms with Crippen LogP contribution in [0.25, 0.3) is 0 Å². The number of carbonyl (C=O) groups is 2. The minimum Gasteiger partial charge on any atom is -0.452 e. The SMILES string of the molecule is Cc1cc(C)cc(C(=O)OCC(=O)Nc2sccc2C#N)c1. The first-order chi connectivity index (χ1) is 10.5. The average molecular weight is 314 g/mol. The Morgan fingerprint density at radius 1 is 1.27 bits per heavy atom. The molecule has 0 saturated carbocycles. The fourth-order valence-electron chi connectivity index (χ4n) is 1.96. The topological polar surface area (TPSA) is 79.2 Å². The molecule has 0 saturated heterocycles. The van der Waals surface area contributed by atoms with Crippen molar-refractivity contribution in [1.29, 1.82) is 5.26 Å². The number of benzene rings is 1. The fraction of sp³-hybridized carbons (Fsp3) is 0.188. The van der Waals surface area contributed by atoms with Gasteiger partial charge in [0.1, 0.15) is 11.1 Å². The van der Waals surface area contributed by atoms with Gasteiger partial charge in [-0.3, -0.25) is 4.79 Å². The van der Waals surface area contributed by atoms with Crippen LogP contribution in [-0.2, 0) is 9.53 Å². The lowest BCUT2D eigenvalue weighted by Crippen LogP contribution is -2.20. The molecule has 2 aromatic rings. The van der Waals surface area contributed by atoms with Gasteiger partial charge in [-0.25, -0.2) is 4.79 Å². The Morgan fingerprint density at radius 2 is 1.95 bits per heavy atom. The standard InChI is InChI=1S/C16H14N2O3S/c1-10-5-11(2)7-13(6-10)16(20)21-9-14(19)18-15-12(8-17)3-4-22-15/h3-7H,9H2,1-2H3,(H,18,19). The van der Waals surface area contributed by atoms with Crippen molar-refractivity contribution in [3.8, 4) is 6.07 Å². The number of ether oxygens (including phenoxy) is 1. The molecule has 0 spiro atoms. The number of nitrogens with one attached hydrogen (secondary N) is 1. The number of hydrogen-bond acceptors (Lipinski definition) is 5. The number of hydrogen-bond donors (Lipinski definition) is 1. The predicted molar refractivity (Wildman–Crippen MR) is 83.9 cm³/mol. The van der Waals surface area contributed by atoms with Crippen LogP contribution in [0.5, 0.6) is 0 Å². The number of anilines is 1. The first-order valence-corrected chi connectivity index (χ1v) is 7.40. The van der Waals surface area contributed by atoms with E-state index < -0.39 is 18.5 Å². The highest BCUT2D eigenvalue weighted by Crippen LogP contribution is 2.21. The second kappa shape index (κ2) is 6.87. The van der Waals surface area contributed by atoms with E-state index in [9.17, 15) is 9.59 Å². The van der Waals surface area contributed by atoms with Gasteiger partial charge in [-0.2, -0.15) is 5.26 Å². The maximum Gasteiger partial charge on any atom is 0.338 e. The zero-order chi connectivity index (χ0) is 16.1. The maximum absolute atomic E-state index is 11.9. The molecule has 1 N–H and O–H groups in total. The molecule has 1 amide bonds. The summed E-state index contributed by atoms with van der Waals surface area (Å²) in [5, 5.41) is 13.6. The van der Waals surface area contributed by atoms with Crippen LogP contribution in [0, 0.1) is 25.2 Å². The summed E-state index contributed by atoms with van der Waals surface area (Å²) >= 11 is 1.24. The van der Waals surface area contributed by atoms with Crippen LogP contribution in [0.2, 0.25) is 0 Å². The summed E-state index contributed by atoms with van der Waals surface area (Å²) in [5.74, 6) is -1.02. The summed E-state index contributed by atoms with van der Waals surface area (Å²) in [5.41, 5.74) is 2.71. The summed E-state index contributed by atoms with van der Waals surface area (Å²) in [6.07, 6.45) is 0. The number of esters is 1. The summed E-state index contributed by atoms with van der Waals surface area (Å²) in [6, 6.07) is 8.95. The molecule has 0 aliphatic heterocycles. The number of carbonyl (C=O) groups excluding carboxylic acids is 2. The van der Waals surface area contributed by atoms with Crippen molar-refractivity contribution in [1.82, 2.24) is 0 Å². The number of thiophene rings is 1. The van der Waals surface area contributed by atoms with Crippen LogP contribution in [0.15, 0.2) is 29.6 Å². The highest BCUT2D eigenvalue weighted by Gasteiger charge is 2.13. The predicted octanol–water partition coefficient (Wildman–Crippen LogP) is 3.03. The van der Waals surface area contributed by atoms with E-state index in [4.69, 9.17) is 10.00 Å². The molecular formula is C16H14N2O3S. The van der Waals surface area contributed by atoms with Gasteiger partial charge in [-0.1, -0.05) is 17.2 Å². The number of aryl methyl sites for hydroxylation is 2. The zero-order valence-electron chi connectivity index (χ0n) is 12.2. The van der Waals surface area contributed by atoms with Crippen molar-refractivity contribution in [2.24, 2.45) is 0 Å². The molecule has 22 heavy (non-hydrogen) atoms. The van der Waals surface area contributed by atoms with Crippen LogP contribution in [0.1, 0.15) is 27.0 Å². The molecule has 0 bridgehead atoms. The Kier molecular flexibility index (Phi) is 4.92. The van der Waals surface area contributed by atoms with Crippen LogP contribution < -0.4 is 5.32 Å². The number of nitriles is 1. The monoisotopic (exact) mass is 314 g/mol. The Balaban J connectivity index is 1.93. The van der Waals surface area contributed by atoms with Crippen LogP contribution >= 0.6 is 11.3 Å². The first kappa shape index (κ1) is 15.7. The minimum absolute atomic E-state index is 0.388. The smallest absolute Gasteiger partial charge is 0.338 e. The molecule has 1 aromatic heterocycles. The zero-order valence-corrected chi connectivity index (χ0v) is 13.0. The third-order valence-corrected chi connectivity index (χ3v) is 3.66. The Labute approximate surface area is 132 Å². The largest absolute Gasteiger partial charge is 0.452 e. The van der Waals surface area contributed by atoms with Crippen molar-refractivity contribution in [3.63, 3.8) is 0 Å². The minimum atomic E-state index is -0.548. The molecular weight excluding hydrogens is 300 g/mol. The van der Waals surface area contributed by atoms with Crippen molar-refractivity contribution < 1.29 is 14.3 Å². The molecule has 2 rings (SSSR count). The van der Waals surface area contributed by atoms with Gasteiger partial charge in [0.15, 0.2) is 6.61 Å². The molecule has 0 atom stereocenters. The van der Waals surface area contributed by atoms with E-state index in [1.807, 2.05) is 26.0 Å². The van der Waals surface area contributed by atoms with E-state index >= 15 is 0 Å². The highest BCUT2D eigenvalue weighted by molar-refractivity contribution is 7.14. The molecule has 6 heteroatoms. The molecule has 1 aromatic carbocycles. The van der Waals surface area contributed by atoms with E-state index in [0.29, 0.717) is 16.1 Å². The lowest BCUT2D eigenvalue weighted by Gasteiger charge is -2.07. The van der Waals surface area contributed by atoms with Crippen LogP contribution in [0.4, 0.5) is 5.00 Å². The molecule has 0 fully saturated rings. The highest BCUT2D eigenvalue weighted by atomic mass is 32.1. The third-order valence-electron chi connectivity index (χ3n) is 2.83. The fourth-order valence-corrected chi connectivity index (χ4v) is 2.72. The Bertz CT molecular complexity index is 739. The molecule has 0 radical (unpaired) electrons. The number of rotatable bonds is 4. The Morgan fingerprint density at radius 3 is 2.59 bits per heavy atom. The molecule has 0 aliphatic rings. The first-order valence-electron chi connectivity index (χ1n) is 6.52. The second-order valence-corrected chi connectivity index (χ2v) is 5.69. The Hall–Kier alpha value is -2.65. The van der Waals surface area contributed by atoms with Crippen molar-refractivity contribution in [2.45, 2.75) is 13.8 Å². The van der Waals surface area contributed by atoms with Gasteiger partial charge in [0, 0.05) is 0 Å². The lowest BCUT2D eigenvalue weighted by molar-refractivity contribution is -0.119. The van der Waals surface area contributed by atoms with E-state index in [1.165, 1.54) is 11.3 Å². The van der Waals surface area contributed by atoms with Crippen molar-refractivity contribution in [2.75, 3.05) is 11.9 Å². The summed E-state index contributed by atoms with van der Waals surface area (Å²) in [7, 11) is 0. The van der Waals surface area contributed by atoms with Gasteiger partial charge in [-0.15, -0.1) is 11.3 Å². The van der Waals surface area contributed by atoms with Crippen molar-refractivity contribution >= 4 is 28.2 Å². The van der Waals surface area contributed by atoms with Crippen molar-refractivity contribution in [3.05, 3.63) is 51.9 Å². The van der Waals surface area contributed by atoms with Gasteiger partial charge in [-0.05, 0) is 37.4 Å². The average Bonchev–Trinajstić information content (AvgIpc) is 2.90. The summed E-state index contributed by atoms with van der Waals surface area (Å²) in [6.45, 7) is 3.38. The normalized spacial score (nSPS) is 9.86. The van der Waals surface area contributed by atoms with E-state index in [2.05, 4.69) is 5.32 Å². The van der Waals surface area contributed by atoms with Gasteiger partial charge in [0.25, 0.3) is 5.91 Å². The quantitative estimate of drug-likeness (QED) is 0.880. The molecule has 112 valence electrons. The van der Waals surface area contributed by atoms with Crippen LogP contribution in [0.3, 0.4) is 0 Å². The second-order valence-electron chi connectivity index (χ2n) is 4.78. The van der Waals surface area contributed by atoms with Gasteiger partial charge in [0.05, 0.1) is 11.1 Å². The number of amides is 1. The van der Waals surface area contributed by atoms with E-state index in [0.717, 1.165) is 11.1 Å². The van der Waals surface area contributed by atoms with Crippen LogP contribution in [-0.4, -0.2) is 18.5 Å². The van der Waals surface area contributed by atoms with E-state index in [1.54, 1.807) is 23.6 Å². The maximum atomic E-state index is 11.9. The molecule has 0 aliphatic carbocycles. The van der Waals surface area contributed by atoms with Gasteiger partial charge < -0.3 is 10.1 Å².